The molecule has 3 rings (SSSR count). The number of benzene rings is 2. The predicted molar refractivity (Wildman–Crippen MR) is 88.4 cm³/mol. The number of amides is 1. The molecule has 0 saturated heterocycles. The quantitative estimate of drug-likeness (QED) is 0.784. The van der Waals surface area contributed by atoms with E-state index in [-0.39, 0.29) is 12.4 Å². The molecule has 0 bridgehead atoms. The smallest absolute Gasteiger partial charge is 0.255 e. The van der Waals surface area contributed by atoms with Crippen LogP contribution in [0.2, 0.25) is 0 Å². The van der Waals surface area contributed by atoms with E-state index in [0.717, 1.165) is 11.1 Å². The molecule has 0 radical (unpaired) electrons. The molecule has 0 saturated carbocycles. The Hall–Kier alpha value is -3.15. The highest BCUT2D eigenvalue weighted by Gasteiger charge is 2.12. The fourth-order valence-electron chi connectivity index (χ4n) is 2.40. The summed E-state index contributed by atoms with van der Waals surface area (Å²) in [4.78, 5) is 15.1. The second-order valence-electron chi connectivity index (χ2n) is 5.36. The molecule has 2 aromatic carbocycles. The molecule has 122 valence electrons. The molecule has 1 heterocycles. The molecule has 5 nitrogen and oxygen atoms in total. The van der Waals surface area contributed by atoms with Gasteiger partial charge in [-0.25, -0.2) is 9.37 Å². The Labute approximate surface area is 138 Å². The van der Waals surface area contributed by atoms with Crippen molar-refractivity contribution in [1.82, 2.24) is 9.55 Å². The van der Waals surface area contributed by atoms with Crippen molar-refractivity contribution >= 4 is 5.91 Å². The lowest BCUT2D eigenvalue weighted by molar-refractivity contribution is -0.119. The van der Waals surface area contributed by atoms with Gasteiger partial charge in [0.1, 0.15) is 17.4 Å². The lowest BCUT2D eigenvalue weighted by Gasteiger charge is -2.11. The van der Waals surface area contributed by atoms with Gasteiger partial charge in [-0.15, -0.1) is 0 Å². The molecule has 0 aliphatic heterocycles. The zero-order chi connectivity index (χ0) is 17.1. The van der Waals surface area contributed by atoms with Crippen molar-refractivity contribution in [2.75, 3.05) is 6.61 Å². The number of nitrogens with zero attached hydrogens (tertiary/aromatic N) is 2. The highest BCUT2D eigenvalue weighted by molar-refractivity contribution is 5.75. The standard InChI is InChI=1S/C18H16FN3O2/c1-12-5-6-16(15(19)9-12)22-8-7-21-18(22)13-3-2-4-14(10-13)24-11-17(20)23/h2-10H,11H2,1H3,(H2,20,23). The summed E-state index contributed by atoms with van der Waals surface area (Å²) in [6, 6.07) is 12.1. The van der Waals surface area contributed by atoms with E-state index in [2.05, 4.69) is 4.98 Å². The van der Waals surface area contributed by atoms with Crippen LogP contribution in [-0.2, 0) is 4.79 Å². The summed E-state index contributed by atoms with van der Waals surface area (Å²) in [6.07, 6.45) is 3.30. The van der Waals surface area contributed by atoms with Crippen molar-refractivity contribution in [2.24, 2.45) is 5.73 Å². The topological polar surface area (TPSA) is 70.1 Å². The number of carbonyl (C=O) groups excluding carboxylic acids is 1. The molecular formula is C18H16FN3O2. The summed E-state index contributed by atoms with van der Waals surface area (Å²) in [5.74, 6) is 0.187. The summed E-state index contributed by atoms with van der Waals surface area (Å²) in [7, 11) is 0. The van der Waals surface area contributed by atoms with Gasteiger partial charge < -0.3 is 10.5 Å². The summed E-state index contributed by atoms with van der Waals surface area (Å²) in [6.45, 7) is 1.63. The molecule has 3 aromatic rings. The van der Waals surface area contributed by atoms with Gasteiger partial charge in [-0.05, 0) is 36.8 Å². The van der Waals surface area contributed by atoms with Crippen molar-refractivity contribution in [3.05, 3.63) is 66.2 Å². The molecule has 0 aliphatic carbocycles. The van der Waals surface area contributed by atoms with E-state index in [9.17, 15) is 9.18 Å². The molecule has 0 fully saturated rings. The third kappa shape index (κ3) is 3.27. The highest BCUT2D eigenvalue weighted by Crippen LogP contribution is 2.26. The molecule has 0 aliphatic rings. The lowest BCUT2D eigenvalue weighted by atomic mass is 10.2. The second kappa shape index (κ2) is 6.54. The first-order valence-corrected chi connectivity index (χ1v) is 7.36. The molecule has 1 aromatic heterocycles. The van der Waals surface area contributed by atoms with Gasteiger partial charge in [-0.2, -0.15) is 0 Å². The molecule has 0 spiro atoms. The van der Waals surface area contributed by atoms with Gasteiger partial charge in [0.2, 0.25) is 0 Å². The Morgan fingerprint density at radius 1 is 1.29 bits per heavy atom. The summed E-state index contributed by atoms with van der Waals surface area (Å²) in [5.41, 5.74) is 7.08. The first-order valence-electron chi connectivity index (χ1n) is 7.36. The van der Waals surface area contributed by atoms with Gasteiger partial charge in [0.05, 0.1) is 5.69 Å². The van der Waals surface area contributed by atoms with Gasteiger partial charge >= 0.3 is 0 Å². The van der Waals surface area contributed by atoms with Crippen LogP contribution in [0.15, 0.2) is 54.9 Å². The number of ether oxygens (including phenoxy) is 1. The maximum atomic E-state index is 14.3. The maximum Gasteiger partial charge on any atom is 0.255 e. The SMILES string of the molecule is Cc1ccc(-n2ccnc2-c2cccc(OCC(N)=O)c2)c(F)c1. The average Bonchev–Trinajstić information content (AvgIpc) is 3.02. The third-order valence-corrected chi connectivity index (χ3v) is 3.48. The van der Waals surface area contributed by atoms with Gasteiger partial charge in [0.15, 0.2) is 6.61 Å². The van der Waals surface area contributed by atoms with Crippen LogP contribution in [0, 0.1) is 12.7 Å². The van der Waals surface area contributed by atoms with Crippen LogP contribution in [-0.4, -0.2) is 22.1 Å². The van der Waals surface area contributed by atoms with E-state index in [4.69, 9.17) is 10.5 Å². The van der Waals surface area contributed by atoms with Gasteiger partial charge in [-0.1, -0.05) is 18.2 Å². The molecule has 6 heteroatoms. The van der Waals surface area contributed by atoms with Crippen LogP contribution in [0.5, 0.6) is 5.75 Å². The minimum Gasteiger partial charge on any atom is -0.484 e. The average molecular weight is 325 g/mol. The number of aryl methyl sites for hydroxylation is 1. The molecule has 0 unspecified atom stereocenters. The molecule has 24 heavy (non-hydrogen) atoms. The van der Waals surface area contributed by atoms with Crippen molar-refractivity contribution in [3.63, 3.8) is 0 Å². The van der Waals surface area contributed by atoms with Crippen LogP contribution < -0.4 is 10.5 Å². The molecule has 0 atom stereocenters. The van der Waals surface area contributed by atoms with E-state index in [1.807, 2.05) is 19.1 Å². The number of primary amides is 1. The normalized spacial score (nSPS) is 10.6. The minimum absolute atomic E-state index is 0.204. The van der Waals surface area contributed by atoms with Gasteiger partial charge in [-0.3, -0.25) is 9.36 Å². The predicted octanol–water partition coefficient (Wildman–Crippen LogP) is 2.85. The number of hydrogen-bond acceptors (Lipinski definition) is 3. The van der Waals surface area contributed by atoms with E-state index < -0.39 is 5.91 Å². The first kappa shape index (κ1) is 15.7. The summed E-state index contributed by atoms with van der Waals surface area (Å²) >= 11 is 0. The van der Waals surface area contributed by atoms with Crippen LogP contribution in [0.3, 0.4) is 0 Å². The fourth-order valence-corrected chi connectivity index (χ4v) is 2.40. The van der Waals surface area contributed by atoms with Crippen LogP contribution in [0.25, 0.3) is 17.1 Å². The Balaban J connectivity index is 1.98. The monoisotopic (exact) mass is 325 g/mol. The third-order valence-electron chi connectivity index (χ3n) is 3.48. The molecule has 2 N–H and O–H groups in total. The van der Waals surface area contributed by atoms with Crippen LogP contribution >= 0.6 is 0 Å². The fraction of sp³-hybridized carbons (Fsp3) is 0.111. The second-order valence-corrected chi connectivity index (χ2v) is 5.36. The van der Waals surface area contributed by atoms with Crippen molar-refractivity contribution in [2.45, 2.75) is 6.92 Å². The van der Waals surface area contributed by atoms with Gasteiger partial charge in [0.25, 0.3) is 5.91 Å². The van der Waals surface area contributed by atoms with Crippen molar-refractivity contribution in [3.8, 4) is 22.8 Å². The zero-order valence-corrected chi connectivity index (χ0v) is 13.1. The molecule has 1 amide bonds. The van der Waals surface area contributed by atoms with E-state index in [0.29, 0.717) is 17.3 Å². The molecular weight excluding hydrogens is 309 g/mol. The lowest BCUT2D eigenvalue weighted by Crippen LogP contribution is -2.20. The largest absolute Gasteiger partial charge is 0.484 e. The van der Waals surface area contributed by atoms with Gasteiger partial charge in [0, 0.05) is 18.0 Å². The van der Waals surface area contributed by atoms with E-state index >= 15 is 0 Å². The van der Waals surface area contributed by atoms with Crippen LogP contribution in [0.4, 0.5) is 4.39 Å². The Morgan fingerprint density at radius 3 is 2.88 bits per heavy atom. The number of carbonyl (C=O) groups is 1. The maximum absolute atomic E-state index is 14.3. The Morgan fingerprint density at radius 2 is 2.12 bits per heavy atom. The Kier molecular flexibility index (Phi) is 4.29. The summed E-state index contributed by atoms with van der Waals surface area (Å²) < 4.78 is 21.2. The number of aromatic nitrogens is 2. The Bertz CT molecular complexity index is 889. The summed E-state index contributed by atoms with van der Waals surface area (Å²) in [5, 5.41) is 0. The first-order chi connectivity index (χ1) is 11.5. The minimum atomic E-state index is -0.552. The van der Waals surface area contributed by atoms with Crippen LogP contribution in [0.1, 0.15) is 5.56 Å². The number of hydrogen-bond donors (Lipinski definition) is 1. The number of halogens is 1. The van der Waals surface area contributed by atoms with Crippen molar-refractivity contribution in [1.29, 1.82) is 0 Å². The number of imidazole rings is 1. The van der Waals surface area contributed by atoms with E-state index in [1.54, 1.807) is 41.2 Å². The zero-order valence-electron chi connectivity index (χ0n) is 13.1. The number of nitrogens with two attached hydrogens (primary N) is 1. The van der Waals surface area contributed by atoms with Crippen molar-refractivity contribution < 1.29 is 13.9 Å². The highest BCUT2D eigenvalue weighted by atomic mass is 19.1. The number of rotatable bonds is 5. The van der Waals surface area contributed by atoms with E-state index in [1.165, 1.54) is 6.07 Å².